The zero-order chi connectivity index (χ0) is 14.4. The summed E-state index contributed by atoms with van der Waals surface area (Å²) in [5, 5.41) is 3.62. The Labute approximate surface area is 121 Å². The van der Waals surface area contributed by atoms with Gasteiger partial charge in [0.2, 0.25) is 0 Å². The van der Waals surface area contributed by atoms with E-state index in [1.807, 2.05) is 13.0 Å². The van der Waals surface area contributed by atoms with Crippen molar-refractivity contribution in [3.63, 3.8) is 0 Å². The van der Waals surface area contributed by atoms with Crippen LogP contribution in [0.5, 0.6) is 0 Å². The maximum atomic E-state index is 12.1. The molecule has 1 aliphatic rings. The molecule has 0 aromatic heterocycles. The Bertz CT molecular complexity index is 418. The molecule has 0 radical (unpaired) electrons. The molecule has 2 rings (SSSR count). The van der Waals surface area contributed by atoms with Gasteiger partial charge in [-0.05, 0) is 32.3 Å². The largest absolute Gasteiger partial charge is 0.466 e. The second kappa shape index (κ2) is 7.44. The normalized spacial score (nSPS) is 24.1. The molecular weight excluding hydrogens is 250 g/mol. The van der Waals surface area contributed by atoms with E-state index in [9.17, 15) is 4.79 Å². The number of carbonyl (C=O) groups is 1. The maximum Gasteiger partial charge on any atom is 0.310 e. The smallest absolute Gasteiger partial charge is 0.310 e. The van der Waals surface area contributed by atoms with Crippen LogP contribution in [0.25, 0.3) is 0 Å². The summed E-state index contributed by atoms with van der Waals surface area (Å²) < 4.78 is 5.22. The number of esters is 1. The fraction of sp³-hybridized carbons (Fsp3) is 0.588. The molecule has 0 spiro atoms. The van der Waals surface area contributed by atoms with Gasteiger partial charge in [0.1, 0.15) is 0 Å². The van der Waals surface area contributed by atoms with Crippen LogP contribution in [0, 0.1) is 5.92 Å². The van der Waals surface area contributed by atoms with Crippen LogP contribution in [0.1, 0.15) is 51.1 Å². The molecule has 3 heteroatoms. The molecule has 0 aliphatic heterocycles. The number of nitrogens with one attached hydrogen (secondary N) is 1. The first-order chi connectivity index (χ1) is 9.72. The van der Waals surface area contributed by atoms with Crippen molar-refractivity contribution in [2.24, 2.45) is 5.92 Å². The predicted octanol–water partition coefficient (Wildman–Crippen LogP) is 3.46. The van der Waals surface area contributed by atoms with Crippen LogP contribution >= 0.6 is 0 Å². The molecule has 1 unspecified atom stereocenters. The minimum Gasteiger partial charge on any atom is -0.466 e. The third-order valence-corrected chi connectivity index (χ3v) is 4.12. The second-order valence-corrected chi connectivity index (χ2v) is 5.55. The van der Waals surface area contributed by atoms with Gasteiger partial charge in [-0.2, -0.15) is 0 Å². The number of carbonyl (C=O) groups excluding carboxylic acids is 1. The summed E-state index contributed by atoms with van der Waals surface area (Å²) in [4.78, 5) is 12.1. The third-order valence-electron chi connectivity index (χ3n) is 4.12. The van der Waals surface area contributed by atoms with E-state index in [2.05, 4.69) is 36.5 Å². The van der Waals surface area contributed by atoms with E-state index in [-0.39, 0.29) is 24.0 Å². The van der Waals surface area contributed by atoms with Gasteiger partial charge in [-0.15, -0.1) is 0 Å². The highest BCUT2D eigenvalue weighted by molar-refractivity contribution is 5.73. The van der Waals surface area contributed by atoms with Gasteiger partial charge in [0.05, 0.1) is 12.5 Å². The summed E-state index contributed by atoms with van der Waals surface area (Å²) >= 11 is 0. The Morgan fingerprint density at radius 1 is 1.30 bits per heavy atom. The summed E-state index contributed by atoms with van der Waals surface area (Å²) in [6.45, 7) is 4.50. The SMILES string of the molecule is CCOC(=O)[C@H]1CCCC[C@H]1NC(C)c1ccccc1. The molecule has 1 fully saturated rings. The molecule has 20 heavy (non-hydrogen) atoms. The lowest BCUT2D eigenvalue weighted by molar-refractivity contribution is -0.150. The van der Waals surface area contributed by atoms with Gasteiger partial charge in [-0.25, -0.2) is 0 Å². The summed E-state index contributed by atoms with van der Waals surface area (Å²) in [7, 11) is 0. The lowest BCUT2D eigenvalue weighted by atomic mass is 9.84. The van der Waals surface area contributed by atoms with Crippen molar-refractivity contribution in [2.45, 2.75) is 51.6 Å². The van der Waals surface area contributed by atoms with Gasteiger partial charge in [0, 0.05) is 12.1 Å². The fourth-order valence-electron chi connectivity index (χ4n) is 3.02. The number of hydrogen-bond acceptors (Lipinski definition) is 3. The summed E-state index contributed by atoms with van der Waals surface area (Å²) in [6, 6.07) is 10.9. The number of hydrogen-bond donors (Lipinski definition) is 1. The van der Waals surface area contributed by atoms with Crippen molar-refractivity contribution in [3.8, 4) is 0 Å². The first-order valence-electron chi connectivity index (χ1n) is 7.70. The number of ether oxygens (including phenoxy) is 1. The van der Waals surface area contributed by atoms with E-state index in [4.69, 9.17) is 4.74 Å². The Morgan fingerprint density at radius 2 is 2.00 bits per heavy atom. The van der Waals surface area contributed by atoms with Crippen molar-refractivity contribution in [1.82, 2.24) is 5.32 Å². The molecule has 0 amide bonds. The maximum absolute atomic E-state index is 12.1. The molecule has 1 aromatic carbocycles. The van der Waals surface area contributed by atoms with E-state index in [1.165, 1.54) is 12.0 Å². The average molecular weight is 275 g/mol. The van der Waals surface area contributed by atoms with Crippen LogP contribution in [0.4, 0.5) is 0 Å². The third kappa shape index (κ3) is 3.83. The molecule has 0 saturated heterocycles. The van der Waals surface area contributed by atoms with Crippen molar-refractivity contribution >= 4 is 5.97 Å². The van der Waals surface area contributed by atoms with Gasteiger partial charge in [-0.3, -0.25) is 4.79 Å². The van der Waals surface area contributed by atoms with E-state index in [0.29, 0.717) is 6.61 Å². The summed E-state index contributed by atoms with van der Waals surface area (Å²) in [6.07, 6.45) is 4.31. The van der Waals surface area contributed by atoms with Gasteiger partial charge in [0.25, 0.3) is 0 Å². The molecule has 0 heterocycles. The zero-order valence-electron chi connectivity index (χ0n) is 12.5. The first kappa shape index (κ1) is 15.0. The zero-order valence-corrected chi connectivity index (χ0v) is 12.5. The molecule has 3 nitrogen and oxygen atoms in total. The topological polar surface area (TPSA) is 38.3 Å². The Hall–Kier alpha value is -1.35. The first-order valence-corrected chi connectivity index (χ1v) is 7.70. The highest BCUT2D eigenvalue weighted by atomic mass is 16.5. The molecule has 3 atom stereocenters. The molecule has 0 bridgehead atoms. The van der Waals surface area contributed by atoms with Crippen molar-refractivity contribution in [2.75, 3.05) is 6.61 Å². The van der Waals surface area contributed by atoms with E-state index in [0.717, 1.165) is 19.3 Å². The van der Waals surface area contributed by atoms with Gasteiger partial charge in [0.15, 0.2) is 0 Å². The molecule has 1 N–H and O–H groups in total. The average Bonchev–Trinajstić information content (AvgIpc) is 2.49. The predicted molar refractivity (Wildman–Crippen MR) is 80.4 cm³/mol. The highest BCUT2D eigenvalue weighted by Gasteiger charge is 2.32. The molecule has 1 aromatic rings. The number of rotatable bonds is 5. The second-order valence-electron chi connectivity index (χ2n) is 5.55. The van der Waals surface area contributed by atoms with E-state index >= 15 is 0 Å². The van der Waals surface area contributed by atoms with Crippen LogP contribution in [0.15, 0.2) is 30.3 Å². The lowest BCUT2D eigenvalue weighted by Gasteiger charge is -2.33. The molecular formula is C17H25NO2. The number of benzene rings is 1. The van der Waals surface area contributed by atoms with Crippen LogP contribution in [-0.2, 0) is 9.53 Å². The standard InChI is InChI=1S/C17H25NO2/c1-3-20-17(19)15-11-7-8-12-16(15)18-13(2)14-9-5-4-6-10-14/h4-6,9-10,13,15-16,18H,3,7-8,11-12H2,1-2H3/t13?,15-,16+/m0/s1. The van der Waals surface area contributed by atoms with E-state index in [1.54, 1.807) is 0 Å². The molecule has 110 valence electrons. The Morgan fingerprint density at radius 3 is 2.70 bits per heavy atom. The Balaban J connectivity index is 2.00. The van der Waals surface area contributed by atoms with Gasteiger partial charge >= 0.3 is 5.97 Å². The minimum absolute atomic E-state index is 0.00913. The van der Waals surface area contributed by atoms with E-state index < -0.39 is 0 Å². The van der Waals surface area contributed by atoms with Crippen molar-refractivity contribution < 1.29 is 9.53 Å². The molecule has 1 aliphatic carbocycles. The quantitative estimate of drug-likeness (QED) is 0.836. The van der Waals surface area contributed by atoms with Crippen LogP contribution in [0.3, 0.4) is 0 Å². The van der Waals surface area contributed by atoms with Crippen molar-refractivity contribution in [1.29, 1.82) is 0 Å². The minimum atomic E-state index is -0.0371. The summed E-state index contributed by atoms with van der Waals surface area (Å²) in [5.41, 5.74) is 1.26. The van der Waals surface area contributed by atoms with Crippen molar-refractivity contribution in [3.05, 3.63) is 35.9 Å². The fourth-order valence-corrected chi connectivity index (χ4v) is 3.02. The highest BCUT2D eigenvalue weighted by Crippen LogP contribution is 2.27. The monoisotopic (exact) mass is 275 g/mol. The Kier molecular flexibility index (Phi) is 5.60. The van der Waals surface area contributed by atoms with Gasteiger partial charge in [-0.1, -0.05) is 43.2 Å². The van der Waals surface area contributed by atoms with Gasteiger partial charge < -0.3 is 10.1 Å². The lowest BCUT2D eigenvalue weighted by Crippen LogP contribution is -2.43. The summed E-state index contributed by atoms with van der Waals surface area (Å²) in [5.74, 6) is -0.0279. The molecule has 1 saturated carbocycles. The van der Waals surface area contributed by atoms with Crippen LogP contribution in [0.2, 0.25) is 0 Å². The van der Waals surface area contributed by atoms with Crippen LogP contribution in [-0.4, -0.2) is 18.6 Å². The van der Waals surface area contributed by atoms with Crippen LogP contribution < -0.4 is 5.32 Å².